The van der Waals surface area contributed by atoms with E-state index >= 15 is 0 Å². The normalized spacial score (nSPS) is 10.6. The van der Waals surface area contributed by atoms with Gasteiger partial charge < -0.3 is 11.5 Å². The van der Waals surface area contributed by atoms with Gasteiger partial charge in [-0.1, -0.05) is 45.4 Å². The Kier molecular flexibility index (Phi) is 5.44. The summed E-state index contributed by atoms with van der Waals surface area (Å²) in [7, 11) is 0. The summed E-state index contributed by atoms with van der Waals surface area (Å²) >= 11 is 10.6. The first-order valence-electron chi connectivity index (χ1n) is 5.92. The Hall–Kier alpha value is -1.31. The third-order valence-electron chi connectivity index (χ3n) is 2.51. The van der Waals surface area contributed by atoms with Gasteiger partial charge in [0.1, 0.15) is 17.4 Å². The highest BCUT2D eigenvalue weighted by molar-refractivity contribution is 9.10. The summed E-state index contributed by atoms with van der Waals surface area (Å²) in [6.45, 7) is 0. The van der Waals surface area contributed by atoms with Crippen LogP contribution in [0.15, 0.2) is 33.9 Å². The van der Waals surface area contributed by atoms with Crippen molar-refractivity contribution in [2.75, 3.05) is 17.2 Å². The second-order valence-electron chi connectivity index (χ2n) is 4.24. The monoisotopic (exact) mass is 386 g/mol. The number of carbonyl (C=O) groups excluding carboxylic acids is 1. The molecule has 0 aliphatic carbocycles. The van der Waals surface area contributed by atoms with Gasteiger partial charge in [0.2, 0.25) is 0 Å². The van der Waals surface area contributed by atoms with Crippen LogP contribution in [0.2, 0.25) is 5.02 Å². The van der Waals surface area contributed by atoms with E-state index in [2.05, 4.69) is 25.9 Å². The highest BCUT2D eigenvalue weighted by Gasteiger charge is 2.10. The summed E-state index contributed by atoms with van der Waals surface area (Å²) in [5.41, 5.74) is 11.9. The lowest BCUT2D eigenvalue weighted by atomic mass is 10.1. The molecule has 0 fully saturated rings. The molecule has 0 atom stereocenters. The second kappa shape index (κ2) is 7.11. The fraction of sp³-hybridized carbons (Fsp3) is 0.154. The molecular weight excluding hydrogens is 376 g/mol. The SMILES string of the molecule is Nc1cc(N)nc(SCC(=O)Cc2ccc(Br)cc2Cl)n1. The zero-order valence-electron chi connectivity index (χ0n) is 10.8. The van der Waals surface area contributed by atoms with Crippen molar-refractivity contribution in [2.24, 2.45) is 0 Å². The maximum absolute atomic E-state index is 12.0. The molecule has 0 amide bonds. The number of aromatic nitrogens is 2. The van der Waals surface area contributed by atoms with Crippen LogP contribution in [0.1, 0.15) is 5.56 Å². The van der Waals surface area contributed by atoms with Crippen molar-refractivity contribution in [2.45, 2.75) is 11.6 Å². The molecule has 0 bridgehead atoms. The topological polar surface area (TPSA) is 94.9 Å². The van der Waals surface area contributed by atoms with Gasteiger partial charge in [-0.2, -0.15) is 0 Å². The Balaban J connectivity index is 1.95. The maximum atomic E-state index is 12.0. The molecule has 0 radical (unpaired) electrons. The lowest BCUT2D eigenvalue weighted by Gasteiger charge is -2.05. The zero-order chi connectivity index (χ0) is 15.4. The summed E-state index contributed by atoms with van der Waals surface area (Å²) in [6, 6.07) is 6.90. The number of nitrogen functional groups attached to an aromatic ring is 2. The number of hydrogen-bond donors (Lipinski definition) is 2. The van der Waals surface area contributed by atoms with E-state index in [0.29, 0.717) is 10.2 Å². The van der Waals surface area contributed by atoms with E-state index in [-0.39, 0.29) is 29.6 Å². The molecule has 0 aliphatic heterocycles. The van der Waals surface area contributed by atoms with Gasteiger partial charge in [-0.05, 0) is 17.7 Å². The summed E-state index contributed by atoms with van der Waals surface area (Å²) < 4.78 is 0.877. The van der Waals surface area contributed by atoms with Gasteiger partial charge in [-0.3, -0.25) is 4.79 Å². The van der Waals surface area contributed by atoms with Crippen molar-refractivity contribution in [1.82, 2.24) is 9.97 Å². The molecule has 0 spiro atoms. The summed E-state index contributed by atoms with van der Waals surface area (Å²) in [4.78, 5) is 20.0. The van der Waals surface area contributed by atoms with Gasteiger partial charge in [0.05, 0.1) is 5.75 Å². The molecule has 2 rings (SSSR count). The minimum Gasteiger partial charge on any atom is -0.383 e. The lowest BCUT2D eigenvalue weighted by molar-refractivity contribution is -0.116. The van der Waals surface area contributed by atoms with E-state index in [1.54, 1.807) is 6.07 Å². The first-order chi connectivity index (χ1) is 9.94. The van der Waals surface area contributed by atoms with Gasteiger partial charge in [0.25, 0.3) is 0 Å². The zero-order valence-corrected chi connectivity index (χ0v) is 14.0. The number of anilines is 2. The smallest absolute Gasteiger partial charge is 0.191 e. The Labute approximate surface area is 139 Å². The van der Waals surface area contributed by atoms with Crippen molar-refractivity contribution >= 4 is 56.7 Å². The lowest BCUT2D eigenvalue weighted by Crippen LogP contribution is -2.07. The molecule has 0 unspecified atom stereocenters. The predicted molar refractivity (Wildman–Crippen MR) is 89.4 cm³/mol. The molecule has 0 saturated heterocycles. The number of rotatable bonds is 5. The summed E-state index contributed by atoms with van der Waals surface area (Å²) in [5.74, 6) is 0.825. The molecule has 110 valence electrons. The standard InChI is InChI=1S/C13H12BrClN4OS/c14-8-2-1-7(10(15)4-8)3-9(20)6-21-13-18-11(16)5-12(17)19-13/h1-2,4-5H,3,6H2,(H4,16,17,18,19). The summed E-state index contributed by atoms with van der Waals surface area (Å²) in [5, 5.41) is 0.954. The number of benzene rings is 1. The van der Waals surface area contributed by atoms with Crippen LogP contribution in [0.5, 0.6) is 0 Å². The number of ketones is 1. The Morgan fingerprint density at radius 2 is 1.90 bits per heavy atom. The van der Waals surface area contributed by atoms with Crippen molar-refractivity contribution in [1.29, 1.82) is 0 Å². The molecule has 0 aliphatic rings. The summed E-state index contributed by atoms with van der Waals surface area (Å²) in [6.07, 6.45) is 0.261. The van der Waals surface area contributed by atoms with Crippen LogP contribution in [0.25, 0.3) is 0 Å². The molecule has 5 nitrogen and oxygen atoms in total. The Morgan fingerprint density at radius 3 is 2.52 bits per heavy atom. The maximum Gasteiger partial charge on any atom is 0.191 e. The first-order valence-corrected chi connectivity index (χ1v) is 8.08. The van der Waals surface area contributed by atoms with Crippen LogP contribution < -0.4 is 11.5 Å². The fourth-order valence-corrected chi connectivity index (χ4v) is 3.07. The number of halogens is 2. The van der Waals surface area contributed by atoms with Crippen molar-refractivity contribution in [3.05, 3.63) is 39.3 Å². The molecular formula is C13H12BrClN4OS. The first kappa shape index (κ1) is 16.1. The Morgan fingerprint density at radius 1 is 1.24 bits per heavy atom. The molecule has 2 aromatic rings. The number of carbonyl (C=O) groups is 1. The average molecular weight is 388 g/mol. The van der Waals surface area contributed by atoms with Crippen LogP contribution in [-0.2, 0) is 11.2 Å². The number of thioether (sulfide) groups is 1. The van der Waals surface area contributed by atoms with Crippen LogP contribution >= 0.6 is 39.3 Å². The van der Waals surface area contributed by atoms with Gasteiger partial charge in [0.15, 0.2) is 5.16 Å². The van der Waals surface area contributed by atoms with E-state index in [1.165, 1.54) is 17.8 Å². The van der Waals surface area contributed by atoms with Crippen LogP contribution in [0.4, 0.5) is 11.6 Å². The number of nitrogens with zero attached hydrogens (tertiary/aromatic N) is 2. The van der Waals surface area contributed by atoms with E-state index in [4.69, 9.17) is 23.1 Å². The minimum absolute atomic E-state index is 0.0221. The van der Waals surface area contributed by atoms with Crippen LogP contribution in [0.3, 0.4) is 0 Å². The van der Waals surface area contributed by atoms with Gasteiger partial charge in [-0.25, -0.2) is 9.97 Å². The van der Waals surface area contributed by atoms with Crippen LogP contribution in [-0.4, -0.2) is 21.5 Å². The fourth-order valence-electron chi connectivity index (χ4n) is 1.60. The van der Waals surface area contributed by atoms with Crippen LogP contribution in [0, 0.1) is 0 Å². The van der Waals surface area contributed by atoms with E-state index in [1.807, 2.05) is 12.1 Å². The number of Topliss-reactive ketones (excluding diaryl/α,β-unsaturated/α-hetero) is 1. The molecule has 8 heteroatoms. The second-order valence-corrected chi connectivity index (χ2v) is 6.51. The predicted octanol–water partition coefficient (Wildman–Crippen LogP) is 2.96. The van der Waals surface area contributed by atoms with E-state index < -0.39 is 0 Å². The highest BCUT2D eigenvalue weighted by atomic mass is 79.9. The quantitative estimate of drug-likeness (QED) is 0.605. The van der Waals surface area contributed by atoms with E-state index in [0.717, 1.165) is 10.0 Å². The molecule has 21 heavy (non-hydrogen) atoms. The van der Waals surface area contributed by atoms with Gasteiger partial charge in [0, 0.05) is 22.0 Å². The average Bonchev–Trinajstić information content (AvgIpc) is 2.39. The van der Waals surface area contributed by atoms with Gasteiger partial charge in [-0.15, -0.1) is 0 Å². The Bertz CT molecular complexity index is 663. The largest absolute Gasteiger partial charge is 0.383 e. The number of nitrogens with two attached hydrogens (primary N) is 2. The highest BCUT2D eigenvalue weighted by Crippen LogP contribution is 2.23. The molecule has 4 N–H and O–H groups in total. The van der Waals surface area contributed by atoms with Crippen molar-refractivity contribution in [3.8, 4) is 0 Å². The van der Waals surface area contributed by atoms with Gasteiger partial charge >= 0.3 is 0 Å². The van der Waals surface area contributed by atoms with E-state index in [9.17, 15) is 4.79 Å². The molecule has 1 heterocycles. The molecule has 1 aromatic carbocycles. The number of hydrogen-bond acceptors (Lipinski definition) is 6. The van der Waals surface area contributed by atoms with Crippen molar-refractivity contribution < 1.29 is 4.79 Å². The minimum atomic E-state index is 0.0221. The molecule has 0 saturated carbocycles. The van der Waals surface area contributed by atoms with Crippen molar-refractivity contribution in [3.63, 3.8) is 0 Å². The molecule has 1 aromatic heterocycles. The third kappa shape index (κ3) is 4.87. The third-order valence-corrected chi connectivity index (χ3v) is 4.26.